The van der Waals surface area contributed by atoms with Crippen molar-refractivity contribution in [3.63, 3.8) is 0 Å². The monoisotopic (exact) mass is 356 g/mol. The number of primary amides is 1. The van der Waals surface area contributed by atoms with E-state index in [1.54, 1.807) is 18.3 Å². The molecule has 1 spiro atoms. The average molecular weight is 356 g/mol. The standard InChI is InChI=1S/C20H28N4O2/c21-19(26)15-7-10-22-17(12-15)23-11-3-8-20(13-23)9-6-18(25)24(14-20)16-4-1-2-5-16/h7,10,12,16H,1-6,8-9,11,13-14H2,(H2,21,26). The Hall–Kier alpha value is -2.11. The lowest BCUT2D eigenvalue weighted by Gasteiger charge is -2.50. The van der Waals surface area contributed by atoms with E-state index in [-0.39, 0.29) is 5.41 Å². The van der Waals surface area contributed by atoms with Crippen molar-refractivity contribution in [3.8, 4) is 0 Å². The predicted molar refractivity (Wildman–Crippen MR) is 99.8 cm³/mol. The van der Waals surface area contributed by atoms with Gasteiger partial charge in [-0.05, 0) is 44.2 Å². The van der Waals surface area contributed by atoms with Crippen molar-refractivity contribution in [1.29, 1.82) is 0 Å². The number of pyridine rings is 1. The Balaban J connectivity index is 1.53. The number of anilines is 1. The number of hydrogen-bond donors (Lipinski definition) is 1. The SMILES string of the molecule is NC(=O)c1ccnc(N2CCCC3(CCC(=O)N(C4CCCC4)C3)C2)c1. The molecule has 2 amide bonds. The van der Waals surface area contributed by atoms with Crippen molar-refractivity contribution in [2.75, 3.05) is 24.5 Å². The van der Waals surface area contributed by atoms with Crippen molar-refractivity contribution in [1.82, 2.24) is 9.88 Å². The fourth-order valence-electron chi connectivity index (χ4n) is 5.07. The zero-order valence-corrected chi connectivity index (χ0v) is 15.3. The van der Waals surface area contributed by atoms with Crippen LogP contribution in [0.4, 0.5) is 5.82 Å². The van der Waals surface area contributed by atoms with Gasteiger partial charge in [0, 0.05) is 49.3 Å². The molecule has 2 saturated heterocycles. The minimum Gasteiger partial charge on any atom is -0.366 e. The van der Waals surface area contributed by atoms with E-state index >= 15 is 0 Å². The predicted octanol–water partition coefficient (Wildman–Crippen LogP) is 2.33. The van der Waals surface area contributed by atoms with Crippen LogP contribution < -0.4 is 10.6 Å². The Morgan fingerprint density at radius 3 is 2.77 bits per heavy atom. The van der Waals surface area contributed by atoms with E-state index in [2.05, 4.69) is 14.8 Å². The molecule has 1 aliphatic carbocycles. The van der Waals surface area contributed by atoms with Crippen molar-refractivity contribution >= 4 is 17.6 Å². The van der Waals surface area contributed by atoms with Gasteiger partial charge in [-0.3, -0.25) is 9.59 Å². The zero-order chi connectivity index (χ0) is 18.1. The van der Waals surface area contributed by atoms with Crippen LogP contribution in [-0.2, 0) is 4.79 Å². The maximum Gasteiger partial charge on any atom is 0.248 e. The molecule has 3 heterocycles. The molecule has 6 nitrogen and oxygen atoms in total. The summed E-state index contributed by atoms with van der Waals surface area (Å²) in [4.78, 5) is 33.0. The molecule has 26 heavy (non-hydrogen) atoms. The molecule has 1 aromatic heterocycles. The highest BCUT2D eigenvalue weighted by Gasteiger charge is 2.44. The van der Waals surface area contributed by atoms with Crippen molar-refractivity contribution in [2.24, 2.45) is 11.1 Å². The molecule has 0 bridgehead atoms. The van der Waals surface area contributed by atoms with Gasteiger partial charge in [0.1, 0.15) is 5.82 Å². The summed E-state index contributed by atoms with van der Waals surface area (Å²) < 4.78 is 0. The van der Waals surface area contributed by atoms with Gasteiger partial charge >= 0.3 is 0 Å². The van der Waals surface area contributed by atoms with Gasteiger partial charge in [0.25, 0.3) is 0 Å². The largest absolute Gasteiger partial charge is 0.366 e. The van der Waals surface area contributed by atoms with E-state index < -0.39 is 5.91 Å². The Bertz CT molecular complexity index is 701. The first-order valence-corrected chi connectivity index (χ1v) is 9.87. The summed E-state index contributed by atoms with van der Waals surface area (Å²) in [6.45, 7) is 2.72. The van der Waals surface area contributed by atoms with Crippen LogP contribution in [0.5, 0.6) is 0 Å². The first-order chi connectivity index (χ1) is 12.6. The molecule has 2 aliphatic heterocycles. The van der Waals surface area contributed by atoms with Crippen molar-refractivity contribution in [2.45, 2.75) is 57.4 Å². The van der Waals surface area contributed by atoms with Gasteiger partial charge in [-0.1, -0.05) is 12.8 Å². The van der Waals surface area contributed by atoms with Gasteiger partial charge in [-0.15, -0.1) is 0 Å². The number of nitrogens with zero attached hydrogens (tertiary/aromatic N) is 3. The van der Waals surface area contributed by atoms with Gasteiger partial charge < -0.3 is 15.5 Å². The van der Waals surface area contributed by atoms with E-state index in [1.165, 1.54) is 12.8 Å². The highest BCUT2D eigenvalue weighted by molar-refractivity contribution is 5.93. The topological polar surface area (TPSA) is 79.5 Å². The maximum absolute atomic E-state index is 12.5. The lowest BCUT2D eigenvalue weighted by atomic mass is 9.73. The number of nitrogens with two attached hydrogens (primary N) is 1. The Morgan fingerprint density at radius 2 is 2.00 bits per heavy atom. The summed E-state index contributed by atoms with van der Waals surface area (Å²) in [7, 11) is 0. The van der Waals surface area contributed by atoms with Crippen molar-refractivity contribution < 1.29 is 9.59 Å². The van der Waals surface area contributed by atoms with E-state index in [0.717, 1.165) is 57.6 Å². The number of carbonyl (C=O) groups excluding carboxylic acids is 2. The number of aromatic nitrogens is 1. The number of rotatable bonds is 3. The summed E-state index contributed by atoms with van der Waals surface area (Å²) >= 11 is 0. The van der Waals surface area contributed by atoms with Gasteiger partial charge in [-0.2, -0.15) is 0 Å². The van der Waals surface area contributed by atoms with Gasteiger partial charge in [-0.25, -0.2) is 4.98 Å². The van der Waals surface area contributed by atoms with Crippen LogP contribution in [0, 0.1) is 5.41 Å². The Kier molecular flexibility index (Phi) is 4.59. The van der Waals surface area contributed by atoms with Gasteiger partial charge in [0.2, 0.25) is 11.8 Å². The lowest BCUT2D eigenvalue weighted by Crippen LogP contribution is -2.56. The molecular weight excluding hydrogens is 328 g/mol. The smallest absolute Gasteiger partial charge is 0.248 e. The Morgan fingerprint density at radius 1 is 1.19 bits per heavy atom. The summed E-state index contributed by atoms with van der Waals surface area (Å²) in [5, 5.41) is 0. The maximum atomic E-state index is 12.5. The third-order valence-electron chi connectivity index (χ3n) is 6.48. The molecular formula is C20H28N4O2. The minimum atomic E-state index is -0.420. The number of piperidine rings is 2. The number of likely N-dealkylation sites (tertiary alicyclic amines) is 1. The Labute approximate surface area is 154 Å². The molecule has 3 fully saturated rings. The first kappa shape index (κ1) is 17.3. The van der Waals surface area contributed by atoms with E-state index in [0.29, 0.717) is 23.9 Å². The highest BCUT2D eigenvalue weighted by Crippen LogP contribution is 2.41. The summed E-state index contributed by atoms with van der Waals surface area (Å²) in [5.74, 6) is 0.745. The molecule has 1 atom stereocenters. The number of carbonyl (C=O) groups is 2. The lowest BCUT2D eigenvalue weighted by molar-refractivity contribution is -0.140. The molecule has 1 aromatic rings. The summed E-state index contributed by atoms with van der Waals surface area (Å²) in [6.07, 6.45) is 10.4. The normalized spacial score (nSPS) is 27.3. The van der Waals surface area contributed by atoms with Crippen LogP contribution in [0.15, 0.2) is 18.3 Å². The van der Waals surface area contributed by atoms with Crippen LogP contribution in [-0.4, -0.2) is 47.4 Å². The quantitative estimate of drug-likeness (QED) is 0.901. The zero-order valence-electron chi connectivity index (χ0n) is 15.3. The first-order valence-electron chi connectivity index (χ1n) is 9.87. The van der Waals surface area contributed by atoms with Crippen LogP contribution in [0.1, 0.15) is 61.7 Å². The number of hydrogen-bond acceptors (Lipinski definition) is 4. The highest BCUT2D eigenvalue weighted by atomic mass is 16.2. The molecule has 6 heteroatoms. The average Bonchev–Trinajstić information content (AvgIpc) is 3.19. The molecule has 2 N–H and O–H groups in total. The second kappa shape index (κ2) is 6.89. The molecule has 3 aliphatic rings. The van der Waals surface area contributed by atoms with E-state index in [4.69, 9.17) is 5.73 Å². The molecule has 1 unspecified atom stereocenters. The fourth-order valence-corrected chi connectivity index (χ4v) is 5.07. The summed E-state index contributed by atoms with van der Waals surface area (Å²) in [6, 6.07) is 3.91. The number of amides is 2. The minimum absolute atomic E-state index is 0.152. The van der Waals surface area contributed by atoms with Crippen LogP contribution in [0.2, 0.25) is 0 Å². The van der Waals surface area contributed by atoms with Gasteiger partial charge in [0.05, 0.1) is 0 Å². The second-order valence-electron chi connectivity index (χ2n) is 8.25. The third-order valence-corrected chi connectivity index (χ3v) is 6.48. The van der Waals surface area contributed by atoms with Crippen molar-refractivity contribution in [3.05, 3.63) is 23.9 Å². The molecule has 4 rings (SSSR count). The molecule has 0 radical (unpaired) electrons. The van der Waals surface area contributed by atoms with Crippen LogP contribution >= 0.6 is 0 Å². The van der Waals surface area contributed by atoms with Crippen LogP contribution in [0.25, 0.3) is 0 Å². The second-order valence-corrected chi connectivity index (χ2v) is 8.25. The van der Waals surface area contributed by atoms with Crippen LogP contribution in [0.3, 0.4) is 0 Å². The fraction of sp³-hybridized carbons (Fsp3) is 0.650. The molecule has 140 valence electrons. The van der Waals surface area contributed by atoms with E-state index in [1.807, 2.05) is 0 Å². The molecule has 0 aromatic carbocycles. The summed E-state index contributed by atoms with van der Waals surface area (Å²) in [5.41, 5.74) is 6.08. The molecule has 1 saturated carbocycles. The van der Waals surface area contributed by atoms with Gasteiger partial charge in [0.15, 0.2) is 0 Å². The third kappa shape index (κ3) is 3.29. The van der Waals surface area contributed by atoms with E-state index in [9.17, 15) is 9.59 Å².